The minimum Gasteiger partial charge on any atom is -0.349 e. The predicted octanol–water partition coefficient (Wildman–Crippen LogP) is 3.04. The van der Waals surface area contributed by atoms with Gasteiger partial charge in [0.05, 0.1) is 10.2 Å². The van der Waals surface area contributed by atoms with Crippen LogP contribution in [-0.4, -0.2) is 42.6 Å². The van der Waals surface area contributed by atoms with Crippen molar-refractivity contribution in [2.75, 3.05) is 27.2 Å². The molecule has 0 aliphatic heterocycles. The first-order chi connectivity index (χ1) is 11.1. The quantitative estimate of drug-likeness (QED) is 0.755. The monoisotopic (exact) mass is 327 g/mol. The lowest BCUT2D eigenvalue weighted by Crippen LogP contribution is -2.32. The third kappa shape index (κ3) is 3.63. The number of benzene rings is 1. The lowest BCUT2D eigenvalue weighted by atomic mass is 10.2. The molecule has 23 heavy (non-hydrogen) atoms. The van der Waals surface area contributed by atoms with Crippen LogP contribution in [0.2, 0.25) is 0 Å². The zero-order chi connectivity index (χ0) is 16.2. The van der Waals surface area contributed by atoms with Crippen LogP contribution in [0, 0.1) is 0 Å². The summed E-state index contributed by atoms with van der Waals surface area (Å²) < 4.78 is 3.25. The second kappa shape index (κ2) is 6.98. The van der Waals surface area contributed by atoms with Gasteiger partial charge in [0, 0.05) is 19.6 Å². The molecule has 0 aliphatic carbocycles. The van der Waals surface area contributed by atoms with E-state index in [1.54, 1.807) is 11.3 Å². The Hall–Kier alpha value is -2.11. The van der Waals surface area contributed by atoms with Crippen molar-refractivity contribution in [2.24, 2.45) is 0 Å². The van der Waals surface area contributed by atoms with Crippen LogP contribution in [0.15, 0.2) is 47.8 Å². The van der Waals surface area contributed by atoms with Crippen LogP contribution < -0.4 is 5.32 Å². The van der Waals surface area contributed by atoms with Crippen molar-refractivity contribution in [3.63, 3.8) is 0 Å². The number of hydrogen-bond acceptors (Lipinski definition) is 3. The third-order valence-electron chi connectivity index (χ3n) is 3.78. The topological polar surface area (TPSA) is 37.3 Å². The first-order valence-electron chi connectivity index (χ1n) is 7.69. The van der Waals surface area contributed by atoms with Crippen molar-refractivity contribution in [1.29, 1.82) is 0 Å². The van der Waals surface area contributed by atoms with E-state index in [2.05, 4.69) is 38.4 Å². The first kappa shape index (κ1) is 15.8. The Bertz CT molecular complexity index is 789. The van der Waals surface area contributed by atoms with Gasteiger partial charge in [-0.2, -0.15) is 0 Å². The van der Waals surface area contributed by atoms with Gasteiger partial charge in [0.25, 0.3) is 5.91 Å². The van der Waals surface area contributed by atoms with E-state index < -0.39 is 0 Å². The Kier molecular flexibility index (Phi) is 4.79. The molecular weight excluding hydrogens is 306 g/mol. The van der Waals surface area contributed by atoms with Crippen LogP contribution in [0.1, 0.15) is 16.1 Å². The minimum absolute atomic E-state index is 0.00817. The maximum atomic E-state index is 12.6. The molecule has 0 saturated heterocycles. The highest BCUT2D eigenvalue weighted by atomic mass is 32.1. The number of hydrogen-bond donors (Lipinski definition) is 1. The molecule has 4 nitrogen and oxygen atoms in total. The van der Waals surface area contributed by atoms with E-state index in [0.29, 0.717) is 13.1 Å². The highest BCUT2D eigenvalue weighted by Gasteiger charge is 2.16. The summed E-state index contributed by atoms with van der Waals surface area (Å²) in [6.07, 6.45) is 0. The Balaban J connectivity index is 1.86. The Morgan fingerprint density at radius 1 is 1.22 bits per heavy atom. The summed E-state index contributed by atoms with van der Waals surface area (Å²) in [7, 11) is 4.00. The highest BCUT2D eigenvalue weighted by molar-refractivity contribution is 7.17. The van der Waals surface area contributed by atoms with E-state index in [4.69, 9.17) is 0 Å². The summed E-state index contributed by atoms with van der Waals surface area (Å²) in [6, 6.07) is 14.3. The molecule has 0 aliphatic rings. The van der Waals surface area contributed by atoms with Crippen molar-refractivity contribution >= 4 is 27.5 Å². The van der Waals surface area contributed by atoms with Gasteiger partial charge in [-0.05, 0) is 37.2 Å². The number of likely N-dealkylation sites (N-methyl/N-ethyl adjacent to an activating group) is 1. The van der Waals surface area contributed by atoms with Gasteiger partial charge in [-0.1, -0.05) is 30.3 Å². The van der Waals surface area contributed by atoms with E-state index in [9.17, 15) is 4.79 Å². The molecule has 0 bridgehead atoms. The van der Waals surface area contributed by atoms with Gasteiger partial charge in [-0.15, -0.1) is 11.3 Å². The van der Waals surface area contributed by atoms with Crippen molar-refractivity contribution in [3.05, 3.63) is 59.1 Å². The van der Waals surface area contributed by atoms with Gasteiger partial charge in [-0.25, -0.2) is 0 Å². The molecule has 1 amide bonds. The Morgan fingerprint density at radius 3 is 2.74 bits per heavy atom. The van der Waals surface area contributed by atoms with Gasteiger partial charge in [0.1, 0.15) is 5.69 Å². The molecule has 3 aromatic rings. The molecule has 0 fully saturated rings. The zero-order valence-electron chi connectivity index (χ0n) is 13.5. The Morgan fingerprint density at radius 2 is 2.00 bits per heavy atom. The van der Waals surface area contributed by atoms with E-state index >= 15 is 0 Å². The number of nitrogens with zero attached hydrogens (tertiary/aromatic N) is 2. The standard InChI is InChI=1S/C18H21N3OS/c1-20(2)10-9-19-18(22)16-12-17-15(8-11-23-17)21(16)13-14-6-4-3-5-7-14/h3-8,11-12H,9-10,13H2,1-2H3,(H,19,22). The fourth-order valence-electron chi connectivity index (χ4n) is 2.59. The smallest absolute Gasteiger partial charge is 0.268 e. The van der Waals surface area contributed by atoms with E-state index in [1.165, 1.54) is 5.56 Å². The number of carbonyl (C=O) groups excluding carboxylic acids is 1. The Labute approximate surface area is 140 Å². The van der Waals surface area contributed by atoms with Gasteiger partial charge >= 0.3 is 0 Å². The molecule has 0 radical (unpaired) electrons. The first-order valence-corrected chi connectivity index (χ1v) is 8.56. The number of thiophene rings is 1. The minimum atomic E-state index is -0.00817. The van der Waals surface area contributed by atoms with E-state index in [1.807, 2.05) is 38.4 Å². The number of fused-ring (bicyclic) bond motifs is 1. The van der Waals surface area contributed by atoms with Crippen LogP contribution in [-0.2, 0) is 6.54 Å². The molecule has 1 aromatic carbocycles. The summed E-state index contributed by atoms with van der Waals surface area (Å²) in [4.78, 5) is 14.6. The fraction of sp³-hybridized carbons (Fsp3) is 0.278. The molecule has 0 saturated carbocycles. The molecule has 2 heterocycles. The number of nitrogens with one attached hydrogen (secondary N) is 1. The second-order valence-corrected chi connectivity index (χ2v) is 6.78. The average Bonchev–Trinajstić information content (AvgIpc) is 3.10. The molecule has 2 aromatic heterocycles. The van der Waals surface area contributed by atoms with E-state index in [-0.39, 0.29) is 5.91 Å². The predicted molar refractivity (Wildman–Crippen MR) is 96.2 cm³/mol. The van der Waals surface area contributed by atoms with Crippen LogP contribution in [0.3, 0.4) is 0 Å². The van der Waals surface area contributed by atoms with Gasteiger partial charge in [0.15, 0.2) is 0 Å². The summed E-state index contributed by atoms with van der Waals surface area (Å²) in [5, 5.41) is 5.08. The summed E-state index contributed by atoms with van der Waals surface area (Å²) >= 11 is 1.67. The largest absolute Gasteiger partial charge is 0.349 e. The van der Waals surface area contributed by atoms with Crippen LogP contribution in [0.25, 0.3) is 10.2 Å². The van der Waals surface area contributed by atoms with E-state index in [0.717, 1.165) is 22.5 Å². The van der Waals surface area contributed by atoms with Crippen molar-refractivity contribution in [3.8, 4) is 0 Å². The summed E-state index contributed by atoms with van der Waals surface area (Å²) in [5.74, 6) is -0.00817. The second-order valence-electron chi connectivity index (χ2n) is 5.83. The third-order valence-corrected chi connectivity index (χ3v) is 4.64. The molecule has 1 N–H and O–H groups in total. The van der Waals surface area contributed by atoms with Crippen molar-refractivity contribution in [1.82, 2.24) is 14.8 Å². The highest BCUT2D eigenvalue weighted by Crippen LogP contribution is 2.26. The molecular formula is C18H21N3OS. The van der Waals surface area contributed by atoms with Crippen LogP contribution in [0.4, 0.5) is 0 Å². The lowest BCUT2D eigenvalue weighted by molar-refractivity contribution is 0.0942. The van der Waals surface area contributed by atoms with Gasteiger partial charge < -0.3 is 14.8 Å². The zero-order valence-corrected chi connectivity index (χ0v) is 14.3. The molecule has 0 atom stereocenters. The molecule has 3 rings (SSSR count). The van der Waals surface area contributed by atoms with Gasteiger partial charge in [0.2, 0.25) is 0 Å². The number of amides is 1. The molecule has 120 valence electrons. The number of carbonyl (C=O) groups is 1. The number of aromatic nitrogens is 1. The van der Waals surface area contributed by atoms with Crippen molar-refractivity contribution < 1.29 is 4.79 Å². The van der Waals surface area contributed by atoms with Crippen LogP contribution in [0.5, 0.6) is 0 Å². The SMILES string of the molecule is CN(C)CCNC(=O)c1cc2sccc2n1Cc1ccccc1. The van der Waals surface area contributed by atoms with Crippen LogP contribution >= 0.6 is 11.3 Å². The molecule has 0 spiro atoms. The normalized spacial score (nSPS) is 11.3. The summed E-state index contributed by atoms with van der Waals surface area (Å²) in [5.41, 5.74) is 3.05. The van der Waals surface area contributed by atoms with Gasteiger partial charge in [-0.3, -0.25) is 4.79 Å². The lowest BCUT2D eigenvalue weighted by Gasteiger charge is -2.13. The summed E-state index contributed by atoms with van der Waals surface area (Å²) in [6.45, 7) is 2.19. The maximum Gasteiger partial charge on any atom is 0.268 e. The maximum absolute atomic E-state index is 12.6. The molecule has 5 heteroatoms. The number of rotatable bonds is 6. The molecule has 0 unspecified atom stereocenters. The fourth-order valence-corrected chi connectivity index (χ4v) is 3.41. The average molecular weight is 327 g/mol. The van der Waals surface area contributed by atoms with Crippen molar-refractivity contribution in [2.45, 2.75) is 6.54 Å².